The number of halogens is 3. The number of nitrogens with one attached hydrogen (secondary N) is 1. The molecule has 0 atom stereocenters. The molecule has 13 heteroatoms. The Kier molecular flexibility index (Phi) is 7.02. The highest BCUT2D eigenvalue weighted by molar-refractivity contribution is 7.91. The van der Waals surface area contributed by atoms with Crippen LogP contribution >= 0.6 is 0 Å². The van der Waals surface area contributed by atoms with E-state index in [1.165, 1.54) is 19.2 Å². The fourth-order valence-electron chi connectivity index (χ4n) is 3.42. The van der Waals surface area contributed by atoms with Gasteiger partial charge in [0.2, 0.25) is 27.7 Å². The number of ether oxygens (including phenoxy) is 3. The number of alkyl halides is 3. The highest BCUT2D eigenvalue weighted by Gasteiger charge is 2.35. The zero-order valence-corrected chi connectivity index (χ0v) is 19.6. The smallest absolute Gasteiger partial charge is 0.433 e. The Morgan fingerprint density at radius 2 is 1.83 bits per heavy atom. The molecule has 0 spiro atoms. The van der Waals surface area contributed by atoms with Gasteiger partial charge in [-0.05, 0) is 36.8 Å². The quantitative estimate of drug-likeness (QED) is 0.439. The molecule has 0 fully saturated rings. The van der Waals surface area contributed by atoms with Crippen LogP contribution < -0.4 is 19.5 Å². The molecule has 1 aliphatic rings. The Labute approximate surface area is 204 Å². The summed E-state index contributed by atoms with van der Waals surface area (Å²) >= 11 is 0. The van der Waals surface area contributed by atoms with Crippen molar-refractivity contribution >= 4 is 21.4 Å². The van der Waals surface area contributed by atoms with E-state index >= 15 is 0 Å². The van der Waals surface area contributed by atoms with Gasteiger partial charge < -0.3 is 19.5 Å². The zero-order valence-electron chi connectivity index (χ0n) is 18.8. The molecule has 0 saturated heterocycles. The van der Waals surface area contributed by atoms with E-state index in [1.807, 2.05) is 0 Å². The van der Waals surface area contributed by atoms with Crippen molar-refractivity contribution in [2.24, 2.45) is 0 Å². The molecule has 2 heterocycles. The molecule has 0 aliphatic carbocycles. The van der Waals surface area contributed by atoms with E-state index in [2.05, 4.69) is 15.3 Å². The van der Waals surface area contributed by atoms with Gasteiger partial charge in [0.25, 0.3) is 0 Å². The normalized spacial score (nSPS) is 12.9. The minimum atomic E-state index is -4.91. The lowest BCUT2D eigenvalue weighted by Gasteiger charge is -2.13. The van der Waals surface area contributed by atoms with Gasteiger partial charge in [0.15, 0.2) is 11.5 Å². The van der Waals surface area contributed by atoms with Gasteiger partial charge in [-0.3, -0.25) is 4.79 Å². The number of rotatable bonds is 8. The van der Waals surface area contributed by atoms with Gasteiger partial charge in [-0.25, -0.2) is 18.4 Å². The molecular formula is C23H20F3N3O6S. The molecule has 1 aromatic heterocycles. The van der Waals surface area contributed by atoms with Crippen molar-refractivity contribution < 1.29 is 40.6 Å². The standard InChI is InChI=1S/C23H20F3N3O6S/c1-33-17-6-3-2-5-15(17)16-12-20(23(24,25)26)29-22(28-16)36(31,32)10-4-7-21(30)27-14-8-9-18-19(11-14)35-13-34-18/h2-3,5-6,8-9,11-12H,4,7,10,13H2,1H3,(H,27,30). The Balaban J connectivity index is 1.50. The molecule has 1 aliphatic heterocycles. The first-order valence-corrected chi connectivity index (χ1v) is 12.2. The predicted octanol–water partition coefficient (Wildman–Crippen LogP) is 4.09. The first-order chi connectivity index (χ1) is 17.1. The maximum Gasteiger partial charge on any atom is 0.433 e. The summed E-state index contributed by atoms with van der Waals surface area (Å²) < 4.78 is 81.7. The van der Waals surface area contributed by atoms with Crippen LogP contribution in [0.2, 0.25) is 0 Å². The number of aromatic nitrogens is 2. The molecule has 1 N–H and O–H groups in total. The molecular weight excluding hydrogens is 503 g/mol. The topological polar surface area (TPSA) is 117 Å². The molecule has 36 heavy (non-hydrogen) atoms. The average molecular weight is 523 g/mol. The summed E-state index contributed by atoms with van der Waals surface area (Å²) in [5.74, 6) is 0.0982. The lowest BCUT2D eigenvalue weighted by atomic mass is 10.1. The summed E-state index contributed by atoms with van der Waals surface area (Å²) in [4.78, 5) is 19.4. The summed E-state index contributed by atoms with van der Waals surface area (Å²) in [6, 6.07) is 11.6. The third-order valence-corrected chi connectivity index (χ3v) is 6.70. The summed E-state index contributed by atoms with van der Waals surface area (Å²) in [6.45, 7) is 0.0704. The largest absolute Gasteiger partial charge is 0.496 e. The van der Waals surface area contributed by atoms with Crippen molar-refractivity contribution in [3.05, 3.63) is 54.2 Å². The van der Waals surface area contributed by atoms with Crippen LogP contribution in [0, 0.1) is 0 Å². The Bertz CT molecular complexity index is 1400. The van der Waals surface area contributed by atoms with E-state index in [0.717, 1.165) is 0 Å². The predicted molar refractivity (Wildman–Crippen MR) is 122 cm³/mol. The van der Waals surface area contributed by atoms with Gasteiger partial charge >= 0.3 is 6.18 Å². The molecule has 190 valence electrons. The monoisotopic (exact) mass is 523 g/mol. The number of fused-ring (bicyclic) bond motifs is 1. The highest BCUT2D eigenvalue weighted by Crippen LogP contribution is 2.35. The van der Waals surface area contributed by atoms with Gasteiger partial charge in [-0.15, -0.1) is 0 Å². The van der Waals surface area contributed by atoms with E-state index < -0.39 is 38.5 Å². The van der Waals surface area contributed by atoms with Crippen molar-refractivity contribution in [3.8, 4) is 28.5 Å². The van der Waals surface area contributed by atoms with Crippen LogP contribution in [-0.2, 0) is 20.8 Å². The minimum absolute atomic E-state index is 0.0704. The lowest BCUT2D eigenvalue weighted by Crippen LogP contribution is -2.18. The van der Waals surface area contributed by atoms with Crippen LogP contribution in [0.1, 0.15) is 18.5 Å². The maximum absolute atomic E-state index is 13.5. The third-order valence-electron chi connectivity index (χ3n) is 5.13. The zero-order chi connectivity index (χ0) is 25.9. The van der Waals surface area contributed by atoms with Crippen LogP contribution in [0.4, 0.5) is 18.9 Å². The number of nitrogens with zero attached hydrogens (tertiary/aromatic N) is 2. The summed E-state index contributed by atoms with van der Waals surface area (Å²) in [5.41, 5.74) is -1.06. The molecule has 3 aromatic rings. The van der Waals surface area contributed by atoms with Gasteiger partial charge in [0, 0.05) is 23.7 Å². The molecule has 2 aromatic carbocycles. The maximum atomic E-state index is 13.5. The van der Waals surface area contributed by atoms with Crippen LogP contribution in [0.5, 0.6) is 17.2 Å². The van der Waals surface area contributed by atoms with E-state index in [1.54, 1.807) is 30.3 Å². The highest BCUT2D eigenvalue weighted by atomic mass is 32.2. The van der Waals surface area contributed by atoms with Gasteiger partial charge in [-0.1, -0.05) is 12.1 Å². The Morgan fingerprint density at radius 3 is 2.58 bits per heavy atom. The SMILES string of the molecule is COc1ccccc1-c1cc(C(F)(F)F)nc(S(=O)(=O)CCCC(=O)Nc2ccc3c(c2)OCO3)n1. The van der Waals surface area contributed by atoms with Crippen molar-refractivity contribution in [1.29, 1.82) is 0 Å². The fraction of sp³-hybridized carbons (Fsp3) is 0.261. The van der Waals surface area contributed by atoms with Crippen LogP contribution in [0.3, 0.4) is 0 Å². The van der Waals surface area contributed by atoms with E-state index in [4.69, 9.17) is 14.2 Å². The molecule has 0 bridgehead atoms. The second-order valence-corrected chi connectivity index (χ2v) is 9.66. The molecule has 0 saturated carbocycles. The van der Waals surface area contributed by atoms with E-state index in [9.17, 15) is 26.4 Å². The molecule has 4 rings (SSSR count). The Hall–Kier alpha value is -3.87. The van der Waals surface area contributed by atoms with Gasteiger partial charge in [0.1, 0.15) is 11.4 Å². The summed E-state index contributed by atoms with van der Waals surface area (Å²) in [7, 11) is -3.02. The first-order valence-electron chi connectivity index (χ1n) is 10.6. The number of benzene rings is 2. The van der Waals surface area contributed by atoms with Crippen LogP contribution in [0.25, 0.3) is 11.3 Å². The number of para-hydroxylation sites is 1. The van der Waals surface area contributed by atoms with E-state index in [0.29, 0.717) is 23.3 Å². The first kappa shape index (κ1) is 25.2. The van der Waals surface area contributed by atoms with Gasteiger partial charge in [-0.2, -0.15) is 13.2 Å². The number of amides is 1. The fourth-order valence-corrected chi connectivity index (χ4v) is 4.60. The number of sulfone groups is 1. The minimum Gasteiger partial charge on any atom is -0.496 e. The Morgan fingerprint density at radius 1 is 1.08 bits per heavy atom. The van der Waals surface area contributed by atoms with Crippen molar-refractivity contribution in [2.75, 3.05) is 25.0 Å². The number of methoxy groups -OCH3 is 1. The van der Waals surface area contributed by atoms with E-state index in [-0.39, 0.29) is 36.6 Å². The average Bonchev–Trinajstić information content (AvgIpc) is 3.31. The van der Waals surface area contributed by atoms with Crippen molar-refractivity contribution in [2.45, 2.75) is 24.2 Å². The second-order valence-electron chi connectivity index (χ2n) is 7.66. The lowest BCUT2D eigenvalue weighted by molar-refractivity contribution is -0.141. The second kappa shape index (κ2) is 10.0. The van der Waals surface area contributed by atoms with Crippen molar-refractivity contribution in [1.82, 2.24) is 9.97 Å². The number of hydrogen-bond donors (Lipinski definition) is 1. The third kappa shape index (κ3) is 5.67. The van der Waals surface area contributed by atoms with Gasteiger partial charge in [0.05, 0.1) is 18.6 Å². The van der Waals surface area contributed by atoms with Crippen LogP contribution in [-0.4, -0.2) is 43.9 Å². The number of carbonyl (C=O) groups excluding carboxylic acids is 1. The number of hydrogen-bond acceptors (Lipinski definition) is 8. The number of anilines is 1. The summed E-state index contributed by atoms with van der Waals surface area (Å²) in [6.07, 6.45) is -5.28. The number of carbonyl (C=O) groups is 1. The summed E-state index contributed by atoms with van der Waals surface area (Å²) in [5, 5.41) is 1.63. The molecule has 1 amide bonds. The van der Waals surface area contributed by atoms with Crippen molar-refractivity contribution in [3.63, 3.8) is 0 Å². The molecule has 0 unspecified atom stereocenters. The van der Waals surface area contributed by atoms with Crippen LogP contribution in [0.15, 0.2) is 53.7 Å². The molecule has 9 nitrogen and oxygen atoms in total. The molecule has 0 radical (unpaired) electrons.